The molecule has 1 fully saturated rings. The summed E-state index contributed by atoms with van der Waals surface area (Å²) < 4.78 is 44.4. The summed E-state index contributed by atoms with van der Waals surface area (Å²) in [6.07, 6.45) is 4.81. The molecule has 5 nitrogen and oxygen atoms in total. The van der Waals surface area contributed by atoms with Crippen molar-refractivity contribution in [2.45, 2.75) is 17.7 Å². The number of nitrogens with zero attached hydrogens (tertiary/aromatic N) is 1. The number of rotatable bonds is 5. The van der Waals surface area contributed by atoms with Gasteiger partial charge in [-0.2, -0.15) is 0 Å². The van der Waals surface area contributed by atoms with Gasteiger partial charge in [0.1, 0.15) is 5.75 Å². The highest BCUT2D eigenvalue weighted by molar-refractivity contribution is 7.90. The zero-order valence-electron chi connectivity index (χ0n) is 13.5. The highest BCUT2D eigenvalue weighted by Gasteiger charge is 2.23. The van der Waals surface area contributed by atoms with Crippen LogP contribution in [0.25, 0.3) is 11.1 Å². The van der Waals surface area contributed by atoms with E-state index >= 15 is 0 Å². The van der Waals surface area contributed by atoms with Crippen molar-refractivity contribution >= 4 is 9.84 Å². The van der Waals surface area contributed by atoms with Gasteiger partial charge in [0.25, 0.3) is 5.56 Å². The molecule has 0 radical (unpaired) electrons. The van der Waals surface area contributed by atoms with E-state index in [0.29, 0.717) is 29.4 Å². The fraction of sp³-hybridized carbons (Fsp3) is 0.353. The molecule has 0 atom stereocenters. The molecule has 128 valence electrons. The molecule has 0 spiro atoms. The van der Waals surface area contributed by atoms with E-state index < -0.39 is 21.2 Å². The van der Waals surface area contributed by atoms with Crippen molar-refractivity contribution in [2.24, 2.45) is 13.0 Å². The quantitative estimate of drug-likeness (QED) is 0.830. The molecule has 3 rings (SSSR count). The number of aryl methyl sites for hydroxylation is 1. The SMILES string of the molecule is Cn1cc(-c2cc(S(C)(=O)=O)ccc2OCC2CC2)cc(F)c1=O. The minimum atomic E-state index is -3.42. The van der Waals surface area contributed by atoms with Crippen molar-refractivity contribution in [1.29, 1.82) is 0 Å². The van der Waals surface area contributed by atoms with Crippen LogP contribution < -0.4 is 10.3 Å². The summed E-state index contributed by atoms with van der Waals surface area (Å²) >= 11 is 0. The highest BCUT2D eigenvalue weighted by Crippen LogP contribution is 2.35. The molecule has 24 heavy (non-hydrogen) atoms. The third kappa shape index (κ3) is 3.51. The molecule has 1 aromatic carbocycles. The lowest BCUT2D eigenvalue weighted by Crippen LogP contribution is -2.19. The molecule has 0 aliphatic heterocycles. The van der Waals surface area contributed by atoms with Crippen LogP contribution in [-0.2, 0) is 16.9 Å². The first-order valence-electron chi connectivity index (χ1n) is 7.59. The van der Waals surface area contributed by atoms with E-state index in [4.69, 9.17) is 4.74 Å². The maximum Gasteiger partial charge on any atom is 0.286 e. The monoisotopic (exact) mass is 351 g/mol. The van der Waals surface area contributed by atoms with E-state index in [9.17, 15) is 17.6 Å². The van der Waals surface area contributed by atoms with Gasteiger partial charge in [-0.05, 0) is 43.0 Å². The molecule has 0 amide bonds. The molecule has 1 heterocycles. The summed E-state index contributed by atoms with van der Waals surface area (Å²) in [6, 6.07) is 5.61. The van der Waals surface area contributed by atoms with Crippen molar-refractivity contribution in [2.75, 3.05) is 12.9 Å². The third-order valence-electron chi connectivity index (χ3n) is 4.00. The first-order chi connectivity index (χ1) is 11.3. The van der Waals surface area contributed by atoms with E-state index in [-0.39, 0.29) is 4.90 Å². The number of halogens is 1. The molecule has 1 aliphatic rings. The molecular weight excluding hydrogens is 333 g/mol. The minimum absolute atomic E-state index is 0.116. The summed E-state index contributed by atoms with van der Waals surface area (Å²) in [4.78, 5) is 11.7. The average Bonchev–Trinajstić information content (AvgIpc) is 3.33. The summed E-state index contributed by atoms with van der Waals surface area (Å²) in [5.41, 5.74) is 0.109. The predicted molar refractivity (Wildman–Crippen MR) is 88.4 cm³/mol. The summed E-state index contributed by atoms with van der Waals surface area (Å²) in [7, 11) is -1.97. The average molecular weight is 351 g/mol. The van der Waals surface area contributed by atoms with Gasteiger partial charge in [-0.3, -0.25) is 4.79 Å². The van der Waals surface area contributed by atoms with Gasteiger partial charge in [-0.1, -0.05) is 0 Å². The summed E-state index contributed by atoms with van der Waals surface area (Å²) in [6.45, 7) is 0.541. The Morgan fingerprint density at radius 2 is 2.00 bits per heavy atom. The van der Waals surface area contributed by atoms with Crippen LogP contribution in [0.3, 0.4) is 0 Å². The van der Waals surface area contributed by atoms with Crippen LogP contribution >= 0.6 is 0 Å². The van der Waals surface area contributed by atoms with Crippen LogP contribution in [0.4, 0.5) is 4.39 Å². The molecule has 1 aliphatic carbocycles. The predicted octanol–water partition coefficient (Wildman–Crippen LogP) is 2.38. The van der Waals surface area contributed by atoms with E-state index in [0.717, 1.165) is 29.7 Å². The number of benzene rings is 1. The fourth-order valence-corrected chi connectivity index (χ4v) is 3.05. The van der Waals surface area contributed by atoms with Crippen molar-refractivity contribution < 1.29 is 17.5 Å². The maximum atomic E-state index is 13.8. The lowest BCUT2D eigenvalue weighted by Gasteiger charge is -2.14. The van der Waals surface area contributed by atoms with Gasteiger partial charge >= 0.3 is 0 Å². The van der Waals surface area contributed by atoms with E-state index in [1.54, 1.807) is 6.07 Å². The van der Waals surface area contributed by atoms with Gasteiger partial charge in [0.05, 0.1) is 11.5 Å². The van der Waals surface area contributed by atoms with E-state index in [2.05, 4.69) is 0 Å². The number of aromatic nitrogens is 1. The number of ether oxygens (including phenoxy) is 1. The Kier molecular flexibility index (Phi) is 4.21. The van der Waals surface area contributed by atoms with Crippen LogP contribution in [0.1, 0.15) is 12.8 Å². The molecule has 1 aromatic heterocycles. The van der Waals surface area contributed by atoms with Crippen molar-refractivity contribution in [1.82, 2.24) is 4.57 Å². The van der Waals surface area contributed by atoms with Crippen molar-refractivity contribution in [3.05, 3.63) is 46.6 Å². The van der Waals surface area contributed by atoms with Gasteiger partial charge in [0.2, 0.25) is 0 Å². The third-order valence-corrected chi connectivity index (χ3v) is 5.11. The number of sulfone groups is 1. The Morgan fingerprint density at radius 1 is 1.29 bits per heavy atom. The van der Waals surface area contributed by atoms with E-state index in [1.165, 1.54) is 25.4 Å². The van der Waals surface area contributed by atoms with Crippen molar-refractivity contribution in [3.8, 4) is 16.9 Å². The van der Waals surface area contributed by atoms with Gasteiger partial charge < -0.3 is 9.30 Å². The van der Waals surface area contributed by atoms with Crippen LogP contribution in [0.2, 0.25) is 0 Å². The molecule has 0 bridgehead atoms. The highest BCUT2D eigenvalue weighted by atomic mass is 32.2. The van der Waals surface area contributed by atoms with Gasteiger partial charge in [-0.25, -0.2) is 12.8 Å². The Hall–Kier alpha value is -2.15. The fourth-order valence-electron chi connectivity index (χ4n) is 2.40. The second-order valence-corrected chi connectivity index (χ2v) is 8.19. The minimum Gasteiger partial charge on any atom is -0.493 e. The lowest BCUT2D eigenvalue weighted by molar-refractivity contribution is 0.301. The molecule has 0 unspecified atom stereocenters. The Labute approximate surface area is 139 Å². The molecule has 7 heteroatoms. The largest absolute Gasteiger partial charge is 0.493 e. The molecule has 1 saturated carbocycles. The zero-order chi connectivity index (χ0) is 17.5. The normalized spacial score (nSPS) is 14.6. The van der Waals surface area contributed by atoms with Crippen molar-refractivity contribution in [3.63, 3.8) is 0 Å². The second-order valence-electron chi connectivity index (χ2n) is 6.18. The number of hydrogen-bond acceptors (Lipinski definition) is 4. The molecule has 0 N–H and O–H groups in total. The summed E-state index contributed by atoms with van der Waals surface area (Å²) in [5.74, 6) is 0.101. The van der Waals surface area contributed by atoms with Gasteiger partial charge in [0.15, 0.2) is 15.7 Å². The van der Waals surface area contributed by atoms with Crippen LogP contribution in [0, 0.1) is 11.7 Å². The molecule has 0 saturated heterocycles. The molecule has 2 aromatic rings. The Morgan fingerprint density at radius 3 is 2.58 bits per heavy atom. The van der Waals surface area contributed by atoms with Crippen LogP contribution in [0.15, 0.2) is 40.2 Å². The Bertz CT molecular complexity index is 919. The lowest BCUT2D eigenvalue weighted by atomic mass is 10.1. The smallest absolute Gasteiger partial charge is 0.286 e. The standard InChI is InChI=1S/C17H18FNO4S/c1-19-9-12(7-15(18)17(19)20)14-8-13(24(2,21)22)5-6-16(14)23-10-11-3-4-11/h5-9,11H,3-4,10H2,1-2H3. The molecular formula is C17H18FNO4S. The second kappa shape index (κ2) is 6.05. The topological polar surface area (TPSA) is 65.4 Å². The number of pyridine rings is 1. The zero-order valence-corrected chi connectivity index (χ0v) is 14.3. The van der Waals surface area contributed by atoms with Crippen LogP contribution in [-0.4, -0.2) is 25.8 Å². The van der Waals surface area contributed by atoms with E-state index in [1.807, 2.05) is 0 Å². The number of hydrogen-bond donors (Lipinski definition) is 0. The van der Waals surface area contributed by atoms with Gasteiger partial charge in [-0.15, -0.1) is 0 Å². The van der Waals surface area contributed by atoms with Gasteiger partial charge in [0, 0.05) is 30.6 Å². The van der Waals surface area contributed by atoms with Crippen LogP contribution in [0.5, 0.6) is 5.75 Å². The maximum absolute atomic E-state index is 13.8. The first-order valence-corrected chi connectivity index (χ1v) is 9.48. The first kappa shape index (κ1) is 16.7. The summed E-state index contributed by atoms with van der Waals surface area (Å²) in [5, 5.41) is 0. The Balaban J connectivity index is 2.12.